The van der Waals surface area contributed by atoms with Gasteiger partial charge in [0.05, 0.1) is 0 Å². The van der Waals surface area contributed by atoms with E-state index in [1.54, 1.807) is 0 Å². The molecule has 1 nitrogen and oxygen atoms in total. The van der Waals surface area contributed by atoms with Crippen LogP contribution >= 0.6 is 0 Å². The summed E-state index contributed by atoms with van der Waals surface area (Å²) < 4.78 is 0. The highest BCUT2D eigenvalue weighted by atomic mass is 14.5. The first-order valence-corrected chi connectivity index (χ1v) is 5.56. The Kier molecular flexibility index (Phi) is 4.68. The van der Waals surface area contributed by atoms with Gasteiger partial charge in [-0.2, -0.15) is 0 Å². The molecule has 0 aliphatic heterocycles. The second-order valence-electron chi connectivity index (χ2n) is 3.93. The Labute approximate surface area is 87.3 Å². The van der Waals surface area contributed by atoms with Crippen LogP contribution in [-0.4, -0.2) is 6.54 Å². The molecule has 0 aliphatic rings. The first kappa shape index (κ1) is 11.3. The van der Waals surface area contributed by atoms with Gasteiger partial charge in [0.25, 0.3) is 0 Å². The average Bonchev–Trinajstić information content (AvgIpc) is 2.26. The summed E-state index contributed by atoms with van der Waals surface area (Å²) in [6.07, 6.45) is 3.44. The Morgan fingerprint density at radius 1 is 1.36 bits per heavy atom. The van der Waals surface area contributed by atoms with E-state index >= 15 is 0 Å². The fourth-order valence-electron chi connectivity index (χ4n) is 1.71. The lowest BCUT2D eigenvalue weighted by atomic mass is 9.94. The molecule has 0 spiro atoms. The van der Waals surface area contributed by atoms with Crippen LogP contribution in [0.4, 0.5) is 0 Å². The quantitative estimate of drug-likeness (QED) is 0.760. The Bertz CT molecular complexity index is 268. The molecule has 2 N–H and O–H groups in total. The van der Waals surface area contributed by atoms with Gasteiger partial charge in [-0.15, -0.1) is 0 Å². The Hall–Kier alpha value is -0.820. The smallest absolute Gasteiger partial charge is 0.00771 e. The molecular formula is C13H21N. The highest BCUT2D eigenvalue weighted by Crippen LogP contribution is 2.21. The first-order valence-electron chi connectivity index (χ1n) is 5.56. The van der Waals surface area contributed by atoms with Crippen molar-refractivity contribution in [2.45, 2.75) is 39.0 Å². The lowest BCUT2D eigenvalue weighted by Gasteiger charge is -2.12. The maximum Gasteiger partial charge on any atom is -0.00771 e. The van der Waals surface area contributed by atoms with E-state index in [-0.39, 0.29) is 0 Å². The maximum atomic E-state index is 5.51. The van der Waals surface area contributed by atoms with Gasteiger partial charge in [-0.3, -0.25) is 0 Å². The zero-order chi connectivity index (χ0) is 10.4. The minimum atomic E-state index is 0.644. The maximum absolute atomic E-state index is 5.51. The van der Waals surface area contributed by atoms with Crippen molar-refractivity contribution in [2.24, 2.45) is 5.73 Å². The third kappa shape index (κ3) is 3.15. The van der Waals surface area contributed by atoms with Crippen molar-refractivity contribution in [2.75, 3.05) is 6.54 Å². The second-order valence-corrected chi connectivity index (χ2v) is 3.93. The molecular weight excluding hydrogens is 170 g/mol. The van der Waals surface area contributed by atoms with Crippen molar-refractivity contribution in [1.82, 2.24) is 0 Å². The van der Waals surface area contributed by atoms with Crippen molar-refractivity contribution in [3.63, 3.8) is 0 Å². The van der Waals surface area contributed by atoms with Gasteiger partial charge in [0, 0.05) is 0 Å². The summed E-state index contributed by atoms with van der Waals surface area (Å²) in [6.45, 7) is 5.28. The molecule has 0 aliphatic carbocycles. The van der Waals surface area contributed by atoms with Crippen LogP contribution in [0, 0.1) is 0 Å². The molecule has 1 aromatic rings. The highest BCUT2D eigenvalue weighted by molar-refractivity contribution is 5.25. The van der Waals surface area contributed by atoms with Gasteiger partial charge in [-0.05, 0) is 42.9 Å². The van der Waals surface area contributed by atoms with Crippen molar-refractivity contribution < 1.29 is 0 Å². The topological polar surface area (TPSA) is 26.0 Å². The number of benzene rings is 1. The van der Waals surface area contributed by atoms with Crippen LogP contribution in [0.3, 0.4) is 0 Å². The summed E-state index contributed by atoms with van der Waals surface area (Å²) in [4.78, 5) is 0. The van der Waals surface area contributed by atoms with Gasteiger partial charge in [0.2, 0.25) is 0 Å². The van der Waals surface area contributed by atoms with Crippen molar-refractivity contribution in [3.05, 3.63) is 35.4 Å². The first-order chi connectivity index (χ1) is 6.77. The zero-order valence-corrected chi connectivity index (χ0v) is 9.29. The number of aryl methyl sites for hydroxylation is 1. The molecule has 0 heterocycles. The largest absolute Gasteiger partial charge is 0.330 e. The van der Waals surface area contributed by atoms with Crippen LogP contribution in [-0.2, 0) is 6.42 Å². The monoisotopic (exact) mass is 191 g/mol. The molecule has 1 rings (SSSR count). The van der Waals surface area contributed by atoms with E-state index in [9.17, 15) is 0 Å². The molecule has 0 saturated heterocycles. The third-order valence-electron chi connectivity index (χ3n) is 2.77. The third-order valence-corrected chi connectivity index (χ3v) is 2.77. The summed E-state index contributed by atoms with van der Waals surface area (Å²) in [5.41, 5.74) is 8.40. The van der Waals surface area contributed by atoms with Crippen molar-refractivity contribution in [1.29, 1.82) is 0 Å². The van der Waals surface area contributed by atoms with Gasteiger partial charge < -0.3 is 5.73 Å². The lowest BCUT2D eigenvalue weighted by Crippen LogP contribution is -2.02. The van der Waals surface area contributed by atoms with Crippen LogP contribution in [0.15, 0.2) is 24.3 Å². The van der Waals surface area contributed by atoms with E-state index in [1.165, 1.54) is 17.5 Å². The number of hydrogen-bond acceptors (Lipinski definition) is 1. The molecule has 0 saturated carbocycles. The van der Waals surface area contributed by atoms with E-state index < -0.39 is 0 Å². The molecule has 0 aromatic heterocycles. The highest BCUT2D eigenvalue weighted by Gasteiger charge is 2.04. The molecule has 0 amide bonds. The molecule has 1 aromatic carbocycles. The van der Waals surface area contributed by atoms with Gasteiger partial charge in [0.15, 0.2) is 0 Å². The van der Waals surface area contributed by atoms with E-state index in [1.807, 2.05) is 0 Å². The summed E-state index contributed by atoms with van der Waals surface area (Å²) in [7, 11) is 0. The predicted octanol–water partition coefficient (Wildman–Crippen LogP) is 3.09. The van der Waals surface area contributed by atoms with E-state index in [0.29, 0.717) is 5.92 Å². The molecule has 1 heteroatoms. The number of hydrogen-bond donors (Lipinski definition) is 1. The van der Waals surface area contributed by atoms with E-state index in [4.69, 9.17) is 5.73 Å². The molecule has 0 bridgehead atoms. The van der Waals surface area contributed by atoms with Gasteiger partial charge in [-0.1, -0.05) is 38.1 Å². The van der Waals surface area contributed by atoms with Crippen LogP contribution < -0.4 is 5.73 Å². The fraction of sp³-hybridized carbons (Fsp3) is 0.538. The Morgan fingerprint density at radius 2 is 2.14 bits per heavy atom. The molecule has 0 fully saturated rings. The summed E-state index contributed by atoms with van der Waals surface area (Å²) in [6, 6.07) is 8.90. The van der Waals surface area contributed by atoms with Crippen molar-refractivity contribution >= 4 is 0 Å². The second kappa shape index (κ2) is 5.82. The predicted molar refractivity (Wildman–Crippen MR) is 62.5 cm³/mol. The minimum Gasteiger partial charge on any atom is -0.330 e. The standard InChI is InChI=1S/C13H21N/c1-3-12-7-4-8-13(10-12)11(2)6-5-9-14/h4,7-8,10-11H,3,5-6,9,14H2,1-2H3. The van der Waals surface area contributed by atoms with Crippen LogP contribution in [0.25, 0.3) is 0 Å². The van der Waals surface area contributed by atoms with Gasteiger partial charge >= 0.3 is 0 Å². The van der Waals surface area contributed by atoms with Crippen LogP contribution in [0.5, 0.6) is 0 Å². The van der Waals surface area contributed by atoms with Crippen LogP contribution in [0.1, 0.15) is 43.7 Å². The van der Waals surface area contributed by atoms with Gasteiger partial charge in [0.1, 0.15) is 0 Å². The summed E-state index contributed by atoms with van der Waals surface area (Å²) in [5, 5.41) is 0. The molecule has 14 heavy (non-hydrogen) atoms. The van der Waals surface area contributed by atoms with Crippen LogP contribution in [0.2, 0.25) is 0 Å². The average molecular weight is 191 g/mol. The van der Waals surface area contributed by atoms with Crippen molar-refractivity contribution in [3.8, 4) is 0 Å². The normalized spacial score (nSPS) is 12.8. The zero-order valence-electron chi connectivity index (χ0n) is 9.29. The Balaban J connectivity index is 2.64. The molecule has 78 valence electrons. The molecule has 0 radical (unpaired) electrons. The molecule has 1 atom stereocenters. The summed E-state index contributed by atoms with van der Waals surface area (Å²) >= 11 is 0. The fourth-order valence-corrected chi connectivity index (χ4v) is 1.71. The summed E-state index contributed by atoms with van der Waals surface area (Å²) in [5.74, 6) is 0.644. The van der Waals surface area contributed by atoms with Gasteiger partial charge in [-0.25, -0.2) is 0 Å². The molecule has 1 unspecified atom stereocenters. The van der Waals surface area contributed by atoms with E-state index in [2.05, 4.69) is 38.1 Å². The lowest BCUT2D eigenvalue weighted by molar-refractivity contribution is 0.640. The van der Waals surface area contributed by atoms with E-state index in [0.717, 1.165) is 19.4 Å². The SMILES string of the molecule is CCc1cccc(C(C)CCCN)c1. The number of rotatable bonds is 5. The number of nitrogens with two attached hydrogens (primary N) is 1. The minimum absolute atomic E-state index is 0.644. The Morgan fingerprint density at radius 3 is 2.79 bits per heavy atom.